The van der Waals surface area contributed by atoms with E-state index in [9.17, 15) is 4.79 Å². The molecule has 1 unspecified atom stereocenters. The van der Waals surface area contributed by atoms with Gasteiger partial charge in [-0.1, -0.05) is 19.1 Å². The highest BCUT2D eigenvalue weighted by atomic mass is 16.5. The lowest BCUT2D eigenvalue weighted by atomic mass is 10.1. The van der Waals surface area contributed by atoms with Crippen molar-refractivity contribution in [1.82, 2.24) is 10.2 Å². The predicted octanol–water partition coefficient (Wildman–Crippen LogP) is 1.69. The van der Waals surface area contributed by atoms with Crippen LogP contribution in [0.15, 0.2) is 24.3 Å². The number of nitrogens with one attached hydrogen (secondary N) is 1. The maximum Gasteiger partial charge on any atom is 0.259 e. The molecule has 4 heteroatoms. The zero-order valence-electron chi connectivity index (χ0n) is 12.3. The van der Waals surface area contributed by atoms with Crippen LogP contribution < -0.4 is 10.1 Å². The molecule has 0 radical (unpaired) electrons. The van der Waals surface area contributed by atoms with Crippen LogP contribution in [0.4, 0.5) is 0 Å². The van der Waals surface area contributed by atoms with Gasteiger partial charge in [0, 0.05) is 20.1 Å². The number of amides is 1. The molecule has 0 saturated heterocycles. The van der Waals surface area contributed by atoms with Crippen molar-refractivity contribution in [2.45, 2.75) is 26.3 Å². The zero-order valence-corrected chi connectivity index (χ0v) is 12.3. The number of hydrogen-bond donors (Lipinski definition) is 1. The number of carbonyl (C=O) groups is 1. The number of ether oxygens (including phenoxy) is 1. The topological polar surface area (TPSA) is 41.6 Å². The summed E-state index contributed by atoms with van der Waals surface area (Å²) in [4.78, 5) is 12.9. The fourth-order valence-corrected chi connectivity index (χ4v) is 1.77. The number of carbonyl (C=O) groups excluding carboxylic acids is 1. The van der Waals surface area contributed by atoms with Crippen molar-refractivity contribution >= 4 is 5.91 Å². The van der Waals surface area contributed by atoms with Crippen molar-refractivity contribution in [1.29, 1.82) is 0 Å². The highest BCUT2D eigenvalue weighted by molar-refractivity contribution is 5.77. The molecule has 0 saturated carbocycles. The zero-order chi connectivity index (χ0) is 14.3. The van der Waals surface area contributed by atoms with Crippen LogP contribution in [0.25, 0.3) is 0 Å². The Morgan fingerprint density at radius 3 is 2.47 bits per heavy atom. The summed E-state index contributed by atoms with van der Waals surface area (Å²) >= 11 is 0. The van der Waals surface area contributed by atoms with Crippen molar-refractivity contribution in [2.24, 2.45) is 0 Å². The number of likely N-dealkylation sites (N-methyl/N-ethyl adjacent to an activating group) is 2. The summed E-state index contributed by atoms with van der Waals surface area (Å²) < 4.78 is 5.43. The van der Waals surface area contributed by atoms with Gasteiger partial charge in [-0.25, -0.2) is 0 Å². The van der Waals surface area contributed by atoms with Gasteiger partial charge in [-0.05, 0) is 37.6 Å². The van der Waals surface area contributed by atoms with E-state index in [1.165, 1.54) is 10.5 Å². The minimum Gasteiger partial charge on any atom is -0.484 e. The molecule has 0 aliphatic rings. The van der Waals surface area contributed by atoms with Crippen molar-refractivity contribution < 1.29 is 9.53 Å². The van der Waals surface area contributed by atoms with Gasteiger partial charge in [0.1, 0.15) is 5.75 Å². The Labute approximate surface area is 115 Å². The molecule has 1 rings (SSSR count). The van der Waals surface area contributed by atoms with E-state index in [1.54, 1.807) is 14.1 Å². The SMILES string of the molecule is CCNC(C)Cc1ccc(OCC(=O)N(C)C)cc1. The third-order valence-electron chi connectivity index (χ3n) is 2.88. The second-order valence-electron chi connectivity index (χ2n) is 4.88. The summed E-state index contributed by atoms with van der Waals surface area (Å²) in [5.41, 5.74) is 1.26. The summed E-state index contributed by atoms with van der Waals surface area (Å²) in [6, 6.07) is 8.38. The molecule has 0 fully saturated rings. The van der Waals surface area contributed by atoms with E-state index in [-0.39, 0.29) is 12.5 Å². The fraction of sp³-hybridized carbons (Fsp3) is 0.533. The Morgan fingerprint density at radius 1 is 1.32 bits per heavy atom. The molecule has 19 heavy (non-hydrogen) atoms. The number of rotatable bonds is 7. The van der Waals surface area contributed by atoms with Crippen molar-refractivity contribution in [3.8, 4) is 5.75 Å². The van der Waals surface area contributed by atoms with Gasteiger partial charge >= 0.3 is 0 Å². The lowest BCUT2D eigenvalue weighted by Crippen LogP contribution is -2.27. The van der Waals surface area contributed by atoms with Crippen LogP contribution in [0, 0.1) is 0 Å². The summed E-state index contributed by atoms with van der Waals surface area (Å²) in [6.07, 6.45) is 0.991. The maximum atomic E-state index is 11.4. The van der Waals surface area contributed by atoms with Crippen molar-refractivity contribution in [3.63, 3.8) is 0 Å². The van der Waals surface area contributed by atoms with Gasteiger partial charge in [0.25, 0.3) is 5.91 Å². The first kappa shape index (κ1) is 15.5. The standard InChI is InChI=1S/C15H24N2O2/c1-5-16-12(2)10-13-6-8-14(9-7-13)19-11-15(18)17(3)4/h6-9,12,16H,5,10-11H2,1-4H3. The lowest BCUT2D eigenvalue weighted by molar-refractivity contribution is -0.130. The molecule has 1 N–H and O–H groups in total. The Kier molecular flexibility index (Phi) is 6.36. The van der Waals surface area contributed by atoms with E-state index in [4.69, 9.17) is 4.74 Å². The Morgan fingerprint density at radius 2 is 1.95 bits per heavy atom. The first-order chi connectivity index (χ1) is 9.02. The average Bonchev–Trinajstić information content (AvgIpc) is 2.37. The van der Waals surface area contributed by atoms with E-state index >= 15 is 0 Å². The summed E-state index contributed by atoms with van der Waals surface area (Å²) in [6.45, 7) is 5.34. The van der Waals surface area contributed by atoms with E-state index < -0.39 is 0 Å². The first-order valence-corrected chi connectivity index (χ1v) is 6.68. The average molecular weight is 264 g/mol. The van der Waals surface area contributed by atoms with Gasteiger partial charge in [-0.15, -0.1) is 0 Å². The number of benzene rings is 1. The van der Waals surface area contributed by atoms with Gasteiger partial charge in [0.2, 0.25) is 0 Å². The van der Waals surface area contributed by atoms with Crippen LogP contribution in [0.1, 0.15) is 19.4 Å². The third-order valence-corrected chi connectivity index (χ3v) is 2.88. The molecular formula is C15H24N2O2. The van der Waals surface area contributed by atoms with Crippen LogP contribution in [-0.2, 0) is 11.2 Å². The second-order valence-corrected chi connectivity index (χ2v) is 4.88. The maximum absolute atomic E-state index is 11.4. The minimum atomic E-state index is -0.0372. The molecule has 1 aromatic rings. The molecule has 0 bridgehead atoms. The van der Waals surface area contributed by atoms with Gasteiger partial charge < -0.3 is 15.0 Å². The smallest absolute Gasteiger partial charge is 0.259 e. The van der Waals surface area contributed by atoms with Gasteiger partial charge in [0.05, 0.1) is 0 Å². The molecule has 1 atom stereocenters. The van der Waals surface area contributed by atoms with Crippen LogP contribution in [0.3, 0.4) is 0 Å². The Balaban J connectivity index is 2.45. The molecule has 0 aliphatic carbocycles. The molecule has 1 amide bonds. The fourth-order valence-electron chi connectivity index (χ4n) is 1.77. The van der Waals surface area contributed by atoms with E-state index in [0.717, 1.165) is 18.7 Å². The number of nitrogens with zero attached hydrogens (tertiary/aromatic N) is 1. The molecule has 0 aromatic heterocycles. The molecule has 0 aliphatic heterocycles. The highest BCUT2D eigenvalue weighted by Crippen LogP contribution is 2.13. The van der Waals surface area contributed by atoms with Crippen LogP contribution in [0.2, 0.25) is 0 Å². The summed E-state index contributed by atoms with van der Waals surface area (Å²) in [5, 5.41) is 3.38. The Bertz CT molecular complexity index is 388. The van der Waals surface area contributed by atoms with Gasteiger partial charge in [-0.3, -0.25) is 4.79 Å². The van der Waals surface area contributed by atoms with Crippen molar-refractivity contribution in [3.05, 3.63) is 29.8 Å². The molecule has 106 valence electrons. The summed E-state index contributed by atoms with van der Waals surface area (Å²) in [7, 11) is 3.44. The monoisotopic (exact) mass is 264 g/mol. The largest absolute Gasteiger partial charge is 0.484 e. The van der Waals surface area contributed by atoms with Gasteiger partial charge in [0.15, 0.2) is 6.61 Å². The van der Waals surface area contributed by atoms with E-state index in [1.807, 2.05) is 24.3 Å². The molecule has 0 heterocycles. The van der Waals surface area contributed by atoms with Crippen LogP contribution in [0.5, 0.6) is 5.75 Å². The first-order valence-electron chi connectivity index (χ1n) is 6.68. The highest BCUT2D eigenvalue weighted by Gasteiger charge is 2.05. The van der Waals surface area contributed by atoms with Gasteiger partial charge in [-0.2, -0.15) is 0 Å². The second kappa shape index (κ2) is 7.79. The molecular weight excluding hydrogens is 240 g/mol. The normalized spacial score (nSPS) is 12.0. The molecule has 1 aromatic carbocycles. The lowest BCUT2D eigenvalue weighted by Gasteiger charge is -2.13. The van der Waals surface area contributed by atoms with E-state index in [2.05, 4.69) is 19.2 Å². The quantitative estimate of drug-likeness (QED) is 0.815. The predicted molar refractivity (Wildman–Crippen MR) is 77.5 cm³/mol. The Hall–Kier alpha value is -1.55. The molecule has 0 spiro atoms. The van der Waals surface area contributed by atoms with Crippen LogP contribution in [-0.4, -0.2) is 44.1 Å². The minimum absolute atomic E-state index is 0.0372. The molecule has 4 nitrogen and oxygen atoms in total. The summed E-state index contributed by atoms with van der Waals surface area (Å²) in [5.74, 6) is 0.694. The van der Waals surface area contributed by atoms with E-state index in [0.29, 0.717) is 6.04 Å². The van der Waals surface area contributed by atoms with Crippen molar-refractivity contribution in [2.75, 3.05) is 27.2 Å². The number of hydrogen-bond acceptors (Lipinski definition) is 3. The third kappa shape index (κ3) is 5.75. The van der Waals surface area contributed by atoms with Crippen LogP contribution >= 0.6 is 0 Å².